The molecule has 1 aliphatic carbocycles. The van der Waals surface area contributed by atoms with Crippen LogP contribution in [0.5, 0.6) is 0 Å². The van der Waals surface area contributed by atoms with Crippen molar-refractivity contribution < 1.29 is 4.79 Å². The molecule has 1 aliphatic rings. The summed E-state index contributed by atoms with van der Waals surface area (Å²) in [5, 5.41) is 3.18. The minimum atomic E-state index is 0.239. The van der Waals surface area contributed by atoms with E-state index in [0.29, 0.717) is 10.7 Å². The standard InChI is InChI=1S/C15H28BrNO/c1-3-6-13(7-4-2)15(18)17-11-12-8-5-9-14(16)10-12/h12-14H,3-11H2,1-2H3,(H,17,18). The fourth-order valence-corrected chi connectivity index (χ4v) is 3.76. The predicted molar refractivity (Wildman–Crippen MR) is 81.0 cm³/mol. The molecule has 0 spiro atoms. The second-order valence-electron chi connectivity index (χ2n) is 5.65. The van der Waals surface area contributed by atoms with Crippen molar-refractivity contribution in [1.29, 1.82) is 0 Å². The Hall–Kier alpha value is -0.0500. The summed E-state index contributed by atoms with van der Waals surface area (Å²) in [5.41, 5.74) is 0. The monoisotopic (exact) mass is 317 g/mol. The second kappa shape index (κ2) is 8.95. The first-order valence-corrected chi connectivity index (χ1v) is 8.50. The minimum absolute atomic E-state index is 0.239. The number of hydrogen-bond donors (Lipinski definition) is 1. The van der Waals surface area contributed by atoms with Gasteiger partial charge in [-0.05, 0) is 38.0 Å². The molecule has 2 unspecified atom stereocenters. The fourth-order valence-electron chi connectivity index (χ4n) is 2.90. The molecule has 0 saturated heterocycles. The molecule has 1 rings (SSSR count). The normalized spacial score (nSPS) is 24.2. The molecule has 0 aliphatic heterocycles. The number of carbonyl (C=O) groups is 1. The van der Waals surface area contributed by atoms with Crippen molar-refractivity contribution in [2.24, 2.45) is 11.8 Å². The number of amides is 1. The molecule has 18 heavy (non-hydrogen) atoms. The van der Waals surface area contributed by atoms with E-state index in [9.17, 15) is 4.79 Å². The highest BCUT2D eigenvalue weighted by molar-refractivity contribution is 9.09. The van der Waals surface area contributed by atoms with Crippen molar-refractivity contribution in [3.63, 3.8) is 0 Å². The first-order valence-electron chi connectivity index (χ1n) is 7.59. The van der Waals surface area contributed by atoms with E-state index in [1.807, 2.05) is 0 Å². The summed E-state index contributed by atoms with van der Waals surface area (Å²) in [6.07, 6.45) is 9.34. The minimum Gasteiger partial charge on any atom is -0.356 e. The third kappa shape index (κ3) is 5.73. The zero-order valence-electron chi connectivity index (χ0n) is 11.9. The maximum absolute atomic E-state index is 12.1. The highest BCUT2D eigenvalue weighted by Crippen LogP contribution is 2.28. The van der Waals surface area contributed by atoms with Gasteiger partial charge < -0.3 is 5.32 Å². The van der Waals surface area contributed by atoms with Crippen LogP contribution in [-0.2, 0) is 4.79 Å². The Morgan fingerprint density at radius 2 is 1.94 bits per heavy atom. The van der Waals surface area contributed by atoms with E-state index < -0.39 is 0 Å². The summed E-state index contributed by atoms with van der Waals surface area (Å²) >= 11 is 3.70. The van der Waals surface area contributed by atoms with Crippen molar-refractivity contribution >= 4 is 21.8 Å². The quantitative estimate of drug-likeness (QED) is 0.698. The molecule has 0 bridgehead atoms. The van der Waals surface area contributed by atoms with Crippen LogP contribution in [0.1, 0.15) is 65.2 Å². The Morgan fingerprint density at radius 1 is 1.28 bits per heavy atom. The zero-order chi connectivity index (χ0) is 13.4. The Bertz CT molecular complexity index is 239. The number of hydrogen-bond acceptors (Lipinski definition) is 1. The second-order valence-corrected chi connectivity index (χ2v) is 6.94. The van der Waals surface area contributed by atoms with Crippen molar-refractivity contribution in [2.75, 3.05) is 6.54 Å². The Morgan fingerprint density at radius 3 is 2.50 bits per heavy atom. The van der Waals surface area contributed by atoms with Crippen molar-refractivity contribution in [3.8, 4) is 0 Å². The average Bonchev–Trinajstić information content (AvgIpc) is 2.36. The van der Waals surface area contributed by atoms with Gasteiger partial charge in [0.05, 0.1) is 0 Å². The molecule has 1 saturated carbocycles. The molecule has 2 nitrogen and oxygen atoms in total. The molecule has 1 fully saturated rings. The van der Waals surface area contributed by atoms with Gasteiger partial charge >= 0.3 is 0 Å². The van der Waals surface area contributed by atoms with Gasteiger partial charge in [-0.15, -0.1) is 0 Å². The van der Waals surface area contributed by atoms with E-state index in [4.69, 9.17) is 0 Å². The number of halogens is 1. The molecule has 1 N–H and O–H groups in total. The van der Waals surface area contributed by atoms with Crippen LogP contribution in [0.15, 0.2) is 0 Å². The van der Waals surface area contributed by atoms with E-state index in [1.54, 1.807) is 0 Å². The smallest absolute Gasteiger partial charge is 0.223 e. The van der Waals surface area contributed by atoms with Crippen LogP contribution in [0.3, 0.4) is 0 Å². The number of rotatable bonds is 7. The third-order valence-electron chi connectivity index (χ3n) is 3.93. The van der Waals surface area contributed by atoms with E-state index in [0.717, 1.165) is 32.2 Å². The van der Waals surface area contributed by atoms with Gasteiger partial charge in [0.2, 0.25) is 5.91 Å². The van der Waals surface area contributed by atoms with Crippen molar-refractivity contribution in [3.05, 3.63) is 0 Å². The van der Waals surface area contributed by atoms with Crippen LogP contribution >= 0.6 is 15.9 Å². The summed E-state index contributed by atoms with van der Waals surface area (Å²) in [6, 6.07) is 0. The highest BCUT2D eigenvalue weighted by atomic mass is 79.9. The summed E-state index contributed by atoms with van der Waals surface area (Å²) in [6.45, 7) is 5.20. The van der Waals surface area contributed by atoms with Crippen LogP contribution in [0.2, 0.25) is 0 Å². The molecule has 0 aromatic heterocycles. The van der Waals surface area contributed by atoms with Gasteiger partial charge in [0.15, 0.2) is 0 Å². The number of alkyl halides is 1. The van der Waals surface area contributed by atoms with Gasteiger partial charge in [-0.25, -0.2) is 0 Å². The largest absolute Gasteiger partial charge is 0.356 e. The average molecular weight is 318 g/mol. The van der Waals surface area contributed by atoms with Crippen molar-refractivity contribution in [1.82, 2.24) is 5.32 Å². The van der Waals surface area contributed by atoms with Crippen LogP contribution in [0.25, 0.3) is 0 Å². The maximum Gasteiger partial charge on any atom is 0.223 e. The topological polar surface area (TPSA) is 29.1 Å². The molecule has 0 aromatic rings. The van der Waals surface area contributed by atoms with Gasteiger partial charge in [-0.2, -0.15) is 0 Å². The summed E-state index contributed by atoms with van der Waals surface area (Å²) in [5.74, 6) is 1.20. The Kier molecular flexibility index (Phi) is 7.96. The van der Waals surface area contributed by atoms with Crippen LogP contribution < -0.4 is 5.32 Å². The highest BCUT2D eigenvalue weighted by Gasteiger charge is 2.22. The molecule has 0 radical (unpaired) electrons. The molecule has 1 amide bonds. The Balaban J connectivity index is 2.29. The van der Waals surface area contributed by atoms with Gasteiger partial charge in [0.1, 0.15) is 0 Å². The SMILES string of the molecule is CCCC(CCC)C(=O)NCC1CCCC(Br)C1. The van der Waals surface area contributed by atoms with Gasteiger partial charge in [0, 0.05) is 17.3 Å². The van der Waals surface area contributed by atoms with E-state index in [-0.39, 0.29) is 11.8 Å². The molecule has 0 aromatic carbocycles. The molecule has 2 atom stereocenters. The number of nitrogens with one attached hydrogen (secondary N) is 1. The molecule has 0 heterocycles. The van der Waals surface area contributed by atoms with E-state index in [1.165, 1.54) is 25.7 Å². The molecular weight excluding hydrogens is 290 g/mol. The lowest BCUT2D eigenvalue weighted by Crippen LogP contribution is -2.36. The number of carbonyl (C=O) groups excluding carboxylic acids is 1. The van der Waals surface area contributed by atoms with Crippen molar-refractivity contribution in [2.45, 2.75) is 70.0 Å². The van der Waals surface area contributed by atoms with Crippen LogP contribution in [0.4, 0.5) is 0 Å². The van der Waals surface area contributed by atoms with Crippen LogP contribution in [-0.4, -0.2) is 17.3 Å². The van der Waals surface area contributed by atoms with Gasteiger partial charge in [-0.1, -0.05) is 49.0 Å². The molecular formula is C15H28BrNO. The molecule has 106 valence electrons. The lowest BCUT2D eigenvalue weighted by Gasteiger charge is -2.26. The lowest BCUT2D eigenvalue weighted by atomic mass is 9.89. The van der Waals surface area contributed by atoms with Gasteiger partial charge in [0.25, 0.3) is 0 Å². The Labute approximate surface area is 120 Å². The van der Waals surface area contributed by atoms with Gasteiger partial charge in [-0.3, -0.25) is 4.79 Å². The lowest BCUT2D eigenvalue weighted by molar-refractivity contribution is -0.125. The summed E-state index contributed by atoms with van der Waals surface area (Å²) in [7, 11) is 0. The summed E-state index contributed by atoms with van der Waals surface area (Å²) in [4.78, 5) is 12.8. The summed E-state index contributed by atoms with van der Waals surface area (Å²) < 4.78 is 0. The van der Waals surface area contributed by atoms with E-state index in [2.05, 4.69) is 35.1 Å². The first kappa shape index (κ1) is 16.0. The molecule has 3 heteroatoms. The third-order valence-corrected chi connectivity index (χ3v) is 4.76. The zero-order valence-corrected chi connectivity index (χ0v) is 13.5. The first-order chi connectivity index (χ1) is 8.67. The van der Waals surface area contributed by atoms with Crippen LogP contribution in [0, 0.1) is 11.8 Å². The maximum atomic E-state index is 12.1. The van der Waals surface area contributed by atoms with E-state index >= 15 is 0 Å². The fraction of sp³-hybridized carbons (Fsp3) is 0.933. The predicted octanol–water partition coefficient (Wildman–Crippen LogP) is 4.27.